The number of para-hydroxylation sites is 4. The van der Waals surface area contributed by atoms with Gasteiger partial charge >= 0.3 is 0 Å². The average molecular weight is 636 g/mol. The molecule has 0 spiro atoms. The number of aromatic nitrogens is 3. The molecule has 0 saturated carbocycles. The number of imidazole rings is 1. The van der Waals surface area contributed by atoms with Gasteiger partial charge in [0.2, 0.25) is 0 Å². The SMILES string of the molecule is c1ccc2cc(-c3ccc4c(c3)c3cc(-c5ccc(-n6c7ccccc7c7ccccc76)cc5)ccc3n3c5ccccc5nc43)ccc2c1. The van der Waals surface area contributed by atoms with E-state index in [9.17, 15) is 0 Å². The van der Waals surface area contributed by atoms with Crippen LogP contribution in [0.25, 0.3) is 98.9 Å². The van der Waals surface area contributed by atoms with E-state index < -0.39 is 0 Å². The molecule has 0 fully saturated rings. The highest BCUT2D eigenvalue weighted by atomic mass is 15.0. The van der Waals surface area contributed by atoms with Crippen LogP contribution in [0.5, 0.6) is 0 Å². The van der Waals surface area contributed by atoms with Crippen molar-refractivity contribution in [2.45, 2.75) is 0 Å². The molecule has 3 heteroatoms. The lowest BCUT2D eigenvalue weighted by atomic mass is 9.95. The van der Waals surface area contributed by atoms with Crippen molar-refractivity contribution in [3.8, 4) is 27.9 Å². The van der Waals surface area contributed by atoms with E-state index >= 15 is 0 Å². The quantitative estimate of drug-likeness (QED) is 0.177. The van der Waals surface area contributed by atoms with Gasteiger partial charge in [0.05, 0.1) is 27.6 Å². The van der Waals surface area contributed by atoms with E-state index in [1.807, 2.05) is 0 Å². The highest BCUT2D eigenvalue weighted by Crippen LogP contribution is 2.38. The fraction of sp³-hybridized carbons (Fsp3) is 0. The topological polar surface area (TPSA) is 22.2 Å². The summed E-state index contributed by atoms with van der Waals surface area (Å²) in [6, 6.07) is 63.9. The Labute approximate surface area is 287 Å². The second kappa shape index (κ2) is 10.4. The minimum atomic E-state index is 0.988. The second-order valence-corrected chi connectivity index (χ2v) is 13.2. The molecule has 11 aromatic rings. The summed E-state index contributed by atoms with van der Waals surface area (Å²) in [6.45, 7) is 0. The Hall–Kier alpha value is -6.71. The standard InChI is InChI=1S/C47H29N3/c1-2-10-32-27-33(18-17-30(32)9-1)35-21-25-39-40(28-35)41-29-34(22-26-45(41)50-46-16-8-5-13-42(46)48-47(39)50)31-19-23-36(24-20-31)49-43-14-6-3-11-37(43)38-12-4-7-15-44(38)49/h1-29H. The Morgan fingerprint density at radius 2 is 0.920 bits per heavy atom. The van der Waals surface area contributed by atoms with E-state index in [1.54, 1.807) is 0 Å². The van der Waals surface area contributed by atoms with Crippen LogP contribution in [0.4, 0.5) is 0 Å². The molecule has 50 heavy (non-hydrogen) atoms. The van der Waals surface area contributed by atoms with Crippen LogP contribution in [0.2, 0.25) is 0 Å². The number of pyridine rings is 1. The van der Waals surface area contributed by atoms with Crippen molar-refractivity contribution in [2.24, 2.45) is 0 Å². The maximum Gasteiger partial charge on any atom is 0.146 e. The van der Waals surface area contributed by atoms with Crippen molar-refractivity contribution in [3.63, 3.8) is 0 Å². The number of hydrogen-bond acceptors (Lipinski definition) is 1. The molecule has 0 atom stereocenters. The first-order chi connectivity index (χ1) is 24.8. The highest BCUT2D eigenvalue weighted by molar-refractivity contribution is 6.16. The van der Waals surface area contributed by atoms with Gasteiger partial charge in [-0.3, -0.25) is 4.40 Å². The molecule has 0 amide bonds. The van der Waals surface area contributed by atoms with Crippen molar-refractivity contribution in [1.29, 1.82) is 0 Å². The zero-order valence-electron chi connectivity index (χ0n) is 27.1. The number of rotatable bonds is 3. The summed E-state index contributed by atoms with van der Waals surface area (Å²) in [5, 5.41) is 8.61. The minimum Gasteiger partial charge on any atom is -0.309 e. The summed E-state index contributed by atoms with van der Waals surface area (Å²) in [6.07, 6.45) is 0. The predicted molar refractivity (Wildman–Crippen MR) is 210 cm³/mol. The van der Waals surface area contributed by atoms with Gasteiger partial charge in [-0.25, -0.2) is 4.98 Å². The van der Waals surface area contributed by atoms with Crippen molar-refractivity contribution < 1.29 is 0 Å². The summed E-state index contributed by atoms with van der Waals surface area (Å²) in [4.78, 5) is 5.16. The van der Waals surface area contributed by atoms with Crippen LogP contribution in [-0.4, -0.2) is 14.0 Å². The fourth-order valence-corrected chi connectivity index (χ4v) is 8.09. The van der Waals surface area contributed by atoms with Crippen molar-refractivity contribution in [1.82, 2.24) is 14.0 Å². The lowest BCUT2D eigenvalue weighted by Crippen LogP contribution is -1.94. The molecule has 0 unspecified atom stereocenters. The molecular weight excluding hydrogens is 607 g/mol. The zero-order chi connectivity index (χ0) is 32.8. The Bertz CT molecular complexity index is 3090. The largest absolute Gasteiger partial charge is 0.309 e. The molecule has 8 aromatic carbocycles. The number of benzene rings is 8. The Morgan fingerprint density at radius 1 is 0.340 bits per heavy atom. The molecule has 0 aliphatic heterocycles. The maximum absolute atomic E-state index is 5.16. The van der Waals surface area contributed by atoms with E-state index in [1.165, 1.54) is 65.6 Å². The minimum absolute atomic E-state index is 0.988. The fourth-order valence-electron chi connectivity index (χ4n) is 8.09. The average Bonchev–Trinajstić information content (AvgIpc) is 3.74. The van der Waals surface area contributed by atoms with Crippen molar-refractivity contribution in [3.05, 3.63) is 176 Å². The van der Waals surface area contributed by atoms with Gasteiger partial charge in [0.1, 0.15) is 5.65 Å². The first kappa shape index (κ1) is 27.3. The Kier molecular flexibility index (Phi) is 5.67. The van der Waals surface area contributed by atoms with Gasteiger partial charge in [-0.05, 0) is 105 Å². The third kappa shape index (κ3) is 3.95. The number of nitrogens with zero attached hydrogens (tertiary/aromatic N) is 3. The molecule has 3 heterocycles. The normalized spacial score (nSPS) is 12.0. The zero-order valence-corrected chi connectivity index (χ0v) is 27.1. The van der Waals surface area contributed by atoms with Crippen LogP contribution in [-0.2, 0) is 0 Å². The Morgan fingerprint density at radius 3 is 1.72 bits per heavy atom. The molecule has 0 bridgehead atoms. The summed E-state index contributed by atoms with van der Waals surface area (Å²) in [5.41, 5.74) is 12.7. The molecular formula is C47H29N3. The van der Waals surface area contributed by atoms with Crippen LogP contribution >= 0.6 is 0 Å². The van der Waals surface area contributed by atoms with Gasteiger partial charge in [-0.1, -0.05) is 109 Å². The van der Waals surface area contributed by atoms with Gasteiger partial charge in [-0.2, -0.15) is 0 Å². The van der Waals surface area contributed by atoms with Crippen LogP contribution < -0.4 is 0 Å². The lowest BCUT2D eigenvalue weighted by molar-refractivity contribution is 1.18. The number of hydrogen-bond donors (Lipinski definition) is 0. The van der Waals surface area contributed by atoms with E-state index in [2.05, 4.69) is 185 Å². The van der Waals surface area contributed by atoms with Crippen molar-refractivity contribution >= 4 is 70.9 Å². The van der Waals surface area contributed by atoms with Crippen LogP contribution in [0.1, 0.15) is 0 Å². The van der Waals surface area contributed by atoms with Crippen LogP contribution in [0, 0.1) is 0 Å². The summed E-state index contributed by atoms with van der Waals surface area (Å²) in [7, 11) is 0. The van der Waals surface area contributed by atoms with Gasteiger partial charge in [0.25, 0.3) is 0 Å². The molecule has 11 rings (SSSR count). The van der Waals surface area contributed by atoms with E-state index in [4.69, 9.17) is 4.98 Å². The molecule has 0 radical (unpaired) electrons. The first-order valence-corrected chi connectivity index (χ1v) is 17.1. The van der Waals surface area contributed by atoms with Crippen molar-refractivity contribution in [2.75, 3.05) is 0 Å². The summed E-state index contributed by atoms with van der Waals surface area (Å²) in [5.74, 6) is 0. The van der Waals surface area contributed by atoms with Gasteiger partial charge < -0.3 is 4.57 Å². The summed E-state index contributed by atoms with van der Waals surface area (Å²) >= 11 is 0. The van der Waals surface area contributed by atoms with Gasteiger partial charge in [0.15, 0.2) is 0 Å². The first-order valence-electron chi connectivity index (χ1n) is 17.1. The Balaban J connectivity index is 1.12. The molecule has 0 aliphatic carbocycles. The van der Waals surface area contributed by atoms with E-state index in [0.717, 1.165) is 33.3 Å². The van der Waals surface area contributed by atoms with E-state index in [0.29, 0.717) is 0 Å². The lowest BCUT2D eigenvalue weighted by Gasteiger charge is -2.13. The maximum atomic E-state index is 5.16. The van der Waals surface area contributed by atoms with Gasteiger partial charge in [-0.15, -0.1) is 0 Å². The predicted octanol–water partition coefficient (Wildman–Crippen LogP) is 12.4. The monoisotopic (exact) mass is 635 g/mol. The molecule has 3 nitrogen and oxygen atoms in total. The second-order valence-electron chi connectivity index (χ2n) is 13.2. The third-order valence-corrected chi connectivity index (χ3v) is 10.5. The molecule has 0 N–H and O–H groups in total. The van der Waals surface area contributed by atoms with E-state index in [-0.39, 0.29) is 0 Å². The summed E-state index contributed by atoms with van der Waals surface area (Å²) < 4.78 is 4.70. The molecule has 3 aromatic heterocycles. The third-order valence-electron chi connectivity index (χ3n) is 10.5. The smallest absolute Gasteiger partial charge is 0.146 e. The molecule has 0 saturated heterocycles. The molecule has 0 aliphatic rings. The highest BCUT2D eigenvalue weighted by Gasteiger charge is 2.16. The molecule has 232 valence electrons. The van der Waals surface area contributed by atoms with Crippen LogP contribution in [0.3, 0.4) is 0 Å². The van der Waals surface area contributed by atoms with Crippen LogP contribution in [0.15, 0.2) is 176 Å². The van der Waals surface area contributed by atoms with Gasteiger partial charge in [0, 0.05) is 27.2 Å². The number of fused-ring (bicyclic) bond motifs is 12.